The Hall–Kier alpha value is -1.61. The summed E-state index contributed by atoms with van der Waals surface area (Å²) in [5, 5.41) is 0.880. The SMILES string of the molecule is CN(C)Cc1cccc(C=CC(=O)c2ccc(Cl)cc2Cl)c1. The van der Waals surface area contributed by atoms with Crippen LogP contribution in [-0.4, -0.2) is 24.8 Å². The molecule has 0 spiro atoms. The van der Waals surface area contributed by atoms with Crippen molar-refractivity contribution >= 4 is 35.1 Å². The molecule has 0 N–H and O–H groups in total. The third-order valence-electron chi connectivity index (χ3n) is 3.07. The number of rotatable bonds is 5. The molecule has 0 aliphatic carbocycles. The fourth-order valence-corrected chi connectivity index (χ4v) is 2.61. The molecule has 0 unspecified atom stereocenters. The predicted octanol–water partition coefficient (Wildman–Crippen LogP) is 4.95. The van der Waals surface area contributed by atoms with Gasteiger partial charge < -0.3 is 4.90 Å². The molecule has 2 nitrogen and oxygen atoms in total. The number of carbonyl (C=O) groups is 1. The maximum Gasteiger partial charge on any atom is 0.187 e. The molecule has 4 heteroatoms. The average Bonchev–Trinajstić information content (AvgIpc) is 2.44. The van der Waals surface area contributed by atoms with E-state index in [-0.39, 0.29) is 5.78 Å². The van der Waals surface area contributed by atoms with Crippen molar-refractivity contribution in [2.24, 2.45) is 0 Å². The molecule has 2 aromatic rings. The van der Waals surface area contributed by atoms with Crippen LogP contribution in [0.4, 0.5) is 0 Å². The Morgan fingerprint density at radius 2 is 1.91 bits per heavy atom. The van der Waals surface area contributed by atoms with Gasteiger partial charge in [0, 0.05) is 17.1 Å². The number of allylic oxidation sites excluding steroid dienone is 1. The fourth-order valence-electron chi connectivity index (χ4n) is 2.11. The van der Waals surface area contributed by atoms with E-state index in [1.807, 2.05) is 26.2 Å². The van der Waals surface area contributed by atoms with Crippen molar-refractivity contribution in [1.29, 1.82) is 0 Å². The summed E-state index contributed by atoms with van der Waals surface area (Å²) < 4.78 is 0. The van der Waals surface area contributed by atoms with Crippen LogP contribution in [0.1, 0.15) is 21.5 Å². The van der Waals surface area contributed by atoms with Crippen LogP contribution < -0.4 is 0 Å². The lowest BCUT2D eigenvalue weighted by Crippen LogP contribution is -2.10. The van der Waals surface area contributed by atoms with Gasteiger partial charge in [0.2, 0.25) is 0 Å². The minimum atomic E-state index is -0.139. The Morgan fingerprint density at radius 1 is 1.14 bits per heavy atom. The van der Waals surface area contributed by atoms with Gasteiger partial charge in [-0.25, -0.2) is 0 Å². The lowest BCUT2D eigenvalue weighted by molar-refractivity contribution is 0.104. The van der Waals surface area contributed by atoms with Gasteiger partial charge in [0.15, 0.2) is 5.78 Å². The molecule has 114 valence electrons. The molecule has 0 saturated heterocycles. The van der Waals surface area contributed by atoms with Crippen LogP contribution in [0.2, 0.25) is 10.0 Å². The summed E-state index contributed by atoms with van der Waals surface area (Å²) in [6.07, 6.45) is 3.33. The number of ketones is 1. The summed E-state index contributed by atoms with van der Waals surface area (Å²) >= 11 is 11.9. The summed E-state index contributed by atoms with van der Waals surface area (Å²) in [5.41, 5.74) is 2.63. The third-order valence-corrected chi connectivity index (χ3v) is 3.62. The van der Waals surface area contributed by atoms with Gasteiger partial charge in [-0.2, -0.15) is 0 Å². The molecule has 0 radical (unpaired) electrons. The van der Waals surface area contributed by atoms with E-state index >= 15 is 0 Å². The fraction of sp³-hybridized carbons (Fsp3) is 0.167. The first-order valence-electron chi connectivity index (χ1n) is 6.87. The Balaban J connectivity index is 2.15. The van der Waals surface area contributed by atoms with Gasteiger partial charge in [-0.1, -0.05) is 53.5 Å². The summed E-state index contributed by atoms with van der Waals surface area (Å²) in [7, 11) is 4.04. The van der Waals surface area contributed by atoms with Gasteiger partial charge in [0.05, 0.1) is 5.02 Å². The standard InChI is InChI=1S/C18H17Cl2NO/c1-21(2)12-14-5-3-4-13(10-14)6-9-18(22)16-8-7-15(19)11-17(16)20/h3-11H,12H2,1-2H3. The van der Waals surface area contributed by atoms with Crippen LogP contribution in [0.25, 0.3) is 6.08 Å². The van der Waals surface area contributed by atoms with Gasteiger partial charge in [-0.3, -0.25) is 4.79 Å². The molecular formula is C18H17Cl2NO. The van der Waals surface area contributed by atoms with Crippen LogP contribution in [0.3, 0.4) is 0 Å². The normalized spacial score (nSPS) is 11.3. The molecule has 0 aromatic heterocycles. The van der Waals surface area contributed by atoms with Gasteiger partial charge in [0.1, 0.15) is 0 Å². The van der Waals surface area contributed by atoms with Crippen molar-refractivity contribution in [2.75, 3.05) is 14.1 Å². The average molecular weight is 334 g/mol. The summed E-state index contributed by atoms with van der Waals surface area (Å²) in [6.45, 7) is 0.860. The number of nitrogens with zero attached hydrogens (tertiary/aromatic N) is 1. The highest BCUT2D eigenvalue weighted by Gasteiger charge is 2.07. The minimum absolute atomic E-state index is 0.139. The van der Waals surface area contributed by atoms with E-state index in [0.29, 0.717) is 15.6 Å². The van der Waals surface area contributed by atoms with Crippen molar-refractivity contribution in [3.05, 3.63) is 75.3 Å². The van der Waals surface area contributed by atoms with E-state index in [1.54, 1.807) is 24.3 Å². The second-order valence-corrected chi connectivity index (χ2v) is 6.15. The molecule has 0 aliphatic rings. The van der Waals surface area contributed by atoms with Crippen molar-refractivity contribution in [3.63, 3.8) is 0 Å². The van der Waals surface area contributed by atoms with E-state index in [9.17, 15) is 4.79 Å². The van der Waals surface area contributed by atoms with E-state index < -0.39 is 0 Å². The number of carbonyl (C=O) groups excluding carboxylic acids is 1. The Morgan fingerprint density at radius 3 is 2.59 bits per heavy atom. The first kappa shape index (κ1) is 16.8. The number of halogens is 2. The largest absolute Gasteiger partial charge is 0.305 e. The lowest BCUT2D eigenvalue weighted by Gasteiger charge is -2.09. The maximum absolute atomic E-state index is 12.2. The van der Waals surface area contributed by atoms with Crippen molar-refractivity contribution in [2.45, 2.75) is 6.54 Å². The van der Waals surface area contributed by atoms with Crippen molar-refractivity contribution in [3.8, 4) is 0 Å². The van der Waals surface area contributed by atoms with Crippen LogP contribution >= 0.6 is 23.2 Å². The lowest BCUT2D eigenvalue weighted by atomic mass is 10.1. The van der Waals surface area contributed by atoms with E-state index in [1.165, 1.54) is 11.6 Å². The van der Waals surface area contributed by atoms with Gasteiger partial charge >= 0.3 is 0 Å². The predicted molar refractivity (Wildman–Crippen MR) is 93.7 cm³/mol. The zero-order valence-corrected chi connectivity index (χ0v) is 14.0. The molecule has 2 aromatic carbocycles. The Bertz CT molecular complexity index is 708. The maximum atomic E-state index is 12.2. The first-order valence-corrected chi connectivity index (χ1v) is 7.62. The third kappa shape index (κ3) is 4.70. The highest BCUT2D eigenvalue weighted by Crippen LogP contribution is 2.22. The number of benzene rings is 2. The van der Waals surface area contributed by atoms with E-state index in [0.717, 1.165) is 12.1 Å². The van der Waals surface area contributed by atoms with Gasteiger partial charge in [-0.15, -0.1) is 0 Å². The van der Waals surface area contributed by atoms with Crippen molar-refractivity contribution in [1.82, 2.24) is 4.90 Å². The molecule has 0 bridgehead atoms. The smallest absolute Gasteiger partial charge is 0.187 e. The topological polar surface area (TPSA) is 20.3 Å². The molecule has 0 fully saturated rings. The zero-order chi connectivity index (χ0) is 16.1. The minimum Gasteiger partial charge on any atom is -0.305 e. The number of hydrogen-bond acceptors (Lipinski definition) is 2. The van der Waals surface area contributed by atoms with Gasteiger partial charge in [-0.05, 0) is 49.5 Å². The van der Waals surface area contributed by atoms with Crippen LogP contribution in [0.15, 0.2) is 48.5 Å². The number of hydrogen-bond donors (Lipinski definition) is 0. The first-order chi connectivity index (χ1) is 10.5. The van der Waals surface area contributed by atoms with Crippen LogP contribution in [0.5, 0.6) is 0 Å². The Kier molecular flexibility index (Phi) is 5.78. The van der Waals surface area contributed by atoms with Gasteiger partial charge in [0.25, 0.3) is 0 Å². The highest BCUT2D eigenvalue weighted by atomic mass is 35.5. The molecule has 0 atom stereocenters. The van der Waals surface area contributed by atoms with Crippen LogP contribution in [0, 0.1) is 0 Å². The zero-order valence-electron chi connectivity index (χ0n) is 12.5. The summed E-state index contributed by atoms with van der Waals surface area (Å²) in [6, 6.07) is 12.9. The summed E-state index contributed by atoms with van der Waals surface area (Å²) in [4.78, 5) is 14.3. The second kappa shape index (κ2) is 7.59. The molecular weight excluding hydrogens is 317 g/mol. The monoisotopic (exact) mass is 333 g/mol. The second-order valence-electron chi connectivity index (χ2n) is 5.30. The summed E-state index contributed by atoms with van der Waals surface area (Å²) in [5.74, 6) is -0.139. The Labute approximate surface area is 141 Å². The van der Waals surface area contributed by atoms with E-state index in [4.69, 9.17) is 23.2 Å². The molecule has 2 rings (SSSR count). The molecule has 0 heterocycles. The van der Waals surface area contributed by atoms with Crippen molar-refractivity contribution < 1.29 is 4.79 Å². The molecule has 0 amide bonds. The molecule has 22 heavy (non-hydrogen) atoms. The molecule has 0 saturated carbocycles. The van der Waals surface area contributed by atoms with E-state index in [2.05, 4.69) is 17.0 Å². The highest BCUT2D eigenvalue weighted by molar-refractivity contribution is 6.37. The van der Waals surface area contributed by atoms with Crippen LogP contribution in [-0.2, 0) is 6.54 Å². The quantitative estimate of drug-likeness (QED) is 0.569. The molecule has 0 aliphatic heterocycles.